The van der Waals surface area contributed by atoms with Crippen LogP contribution in [0.3, 0.4) is 0 Å². The Morgan fingerprint density at radius 3 is 2.81 bits per heavy atom. The molecular formula is C10H14N2O4. The summed E-state index contributed by atoms with van der Waals surface area (Å²) >= 11 is 0. The Morgan fingerprint density at radius 1 is 1.44 bits per heavy atom. The van der Waals surface area contributed by atoms with Gasteiger partial charge in [-0.2, -0.15) is 0 Å². The average Bonchev–Trinajstić information content (AvgIpc) is 2.30. The smallest absolute Gasteiger partial charge is 0.343 e. The van der Waals surface area contributed by atoms with Gasteiger partial charge in [0.25, 0.3) is 0 Å². The summed E-state index contributed by atoms with van der Waals surface area (Å²) < 4.78 is 14.7. The van der Waals surface area contributed by atoms with Crippen molar-refractivity contribution in [3.05, 3.63) is 17.8 Å². The number of aromatic nitrogens is 1. The van der Waals surface area contributed by atoms with Crippen LogP contribution < -0.4 is 10.5 Å². The third kappa shape index (κ3) is 3.09. The van der Waals surface area contributed by atoms with Crippen LogP contribution in [0, 0.1) is 0 Å². The summed E-state index contributed by atoms with van der Waals surface area (Å²) in [6.07, 6.45) is 1.41. The number of esters is 1. The molecule has 6 nitrogen and oxygen atoms in total. The molecule has 0 bridgehead atoms. The summed E-state index contributed by atoms with van der Waals surface area (Å²) in [7, 11) is 2.84. The lowest BCUT2D eigenvalue weighted by Crippen LogP contribution is -2.11. The van der Waals surface area contributed by atoms with Gasteiger partial charge in [-0.05, 0) is 6.07 Å². The molecule has 1 heterocycles. The molecule has 0 saturated heterocycles. The molecule has 0 aliphatic rings. The first-order valence-electron chi connectivity index (χ1n) is 4.64. The van der Waals surface area contributed by atoms with E-state index in [2.05, 4.69) is 9.72 Å². The quantitative estimate of drug-likeness (QED) is 0.580. The van der Waals surface area contributed by atoms with Gasteiger partial charge in [-0.1, -0.05) is 0 Å². The third-order valence-electron chi connectivity index (χ3n) is 1.80. The Bertz CT molecular complexity index is 368. The molecule has 0 aliphatic carbocycles. The predicted octanol–water partition coefficient (Wildman–Crippen LogP) is 0.476. The Morgan fingerprint density at radius 2 is 2.19 bits per heavy atom. The van der Waals surface area contributed by atoms with Crippen LogP contribution in [0.1, 0.15) is 10.4 Å². The van der Waals surface area contributed by atoms with Gasteiger partial charge < -0.3 is 19.9 Å². The molecule has 0 unspecified atom stereocenters. The van der Waals surface area contributed by atoms with Crippen molar-refractivity contribution in [1.29, 1.82) is 0 Å². The number of pyridine rings is 1. The summed E-state index contributed by atoms with van der Waals surface area (Å²) in [6, 6.07) is 1.46. The molecule has 0 amide bonds. The van der Waals surface area contributed by atoms with Crippen LogP contribution in [0.4, 0.5) is 5.69 Å². The van der Waals surface area contributed by atoms with Crippen molar-refractivity contribution in [2.24, 2.45) is 0 Å². The number of hydrogen-bond donors (Lipinski definition) is 1. The van der Waals surface area contributed by atoms with E-state index in [4.69, 9.17) is 15.2 Å². The Kier molecular flexibility index (Phi) is 4.53. The van der Waals surface area contributed by atoms with Crippen molar-refractivity contribution in [2.75, 3.05) is 33.2 Å². The molecule has 0 saturated carbocycles. The minimum atomic E-state index is -0.535. The average molecular weight is 226 g/mol. The number of nitrogen functional groups attached to an aromatic ring is 1. The van der Waals surface area contributed by atoms with E-state index in [9.17, 15) is 4.79 Å². The fraction of sp³-hybridized carbons (Fsp3) is 0.400. The van der Waals surface area contributed by atoms with Crippen molar-refractivity contribution in [3.63, 3.8) is 0 Å². The summed E-state index contributed by atoms with van der Waals surface area (Å²) in [6.45, 7) is 0.712. The highest BCUT2D eigenvalue weighted by molar-refractivity contribution is 5.92. The van der Waals surface area contributed by atoms with Gasteiger partial charge in [0, 0.05) is 7.11 Å². The van der Waals surface area contributed by atoms with Gasteiger partial charge in [0.15, 0.2) is 0 Å². The van der Waals surface area contributed by atoms with Crippen LogP contribution in [0.2, 0.25) is 0 Å². The summed E-state index contributed by atoms with van der Waals surface area (Å²) in [5.41, 5.74) is 6.11. The SMILES string of the molecule is COCCOc1ncc(N)cc1C(=O)OC. The van der Waals surface area contributed by atoms with Gasteiger partial charge >= 0.3 is 5.97 Å². The maximum Gasteiger partial charge on any atom is 0.343 e. The Hall–Kier alpha value is -1.82. The number of nitrogens with two attached hydrogens (primary N) is 1. The second kappa shape index (κ2) is 5.92. The molecule has 16 heavy (non-hydrogen) atoms. The molecule has 2 N–H and O–H groups in total. The molecule has 1 rings (SSSR count). The Balaban J connectivity index is 2.85. The zero-order valence-corrected chi connectivity index (χ0v) is 9.23. The minimum absolute atomic E-state index is 0.193. The lowest BCUT2D eigenvalue weighted by Gasteiger charge is -2.09. The van der Waals surface area contributed by atoms with Gasteiger partial charge in [0.1, 0.15) is 12.2 Å². The third-order valence-corrected chi connectivity index (χ3v) is 1.80. The first-order chi connectivity index (χ1) is 7.69. The second-order valence-electron chi connectivity index (χ2n) is 2.95. The van der Waals surface area contributed by atoms with E-state index >= 15 is 0 Å². The van der Waals surface area contributed by atoms with E-state index in [1.807, 2.05) is 0 Å². The highest BCUT2D eigenvalue weighted by Gasteiger charge is 2.14. The van der Waals surface area contributed by atoms with Crippen molar-refractivity contribution in [3.8, 4) is 5.88 Å². The topological polar surface area (TPSA) is 83.7 Å². The highest BCUT2D eigenvalue weighted by atomic mass is 16.5. The van der Waals surface area contributed by atoms with Gasteiger partial charge in [0.05, 0.1) is 25.6 Å². The van der Waals surface area contributed by atoms with Crippen LogP contribution in [0.25, 0.3) is 0 Å². The summed E-state index contributed by atoms with van der Waals surface area (Å²) in [4.78, 5) is 15.3. The fourth-order valence-electron chi connectivity index (χ4n) is 1.06. The molecule has 1 aromatic rings. The van der Waals surface area contributed by atoms with E-state index in [1.54, 1.807) is 7.11 Å². The number of rotatable bonds is 5. The number of methoxy groups -OCH3 is 2. The molecule has 0 aliphatic heterocycles. The van der Waals surface area contributed by atoms with E-state index in [1.165, 1.54) is 19.4 Å². The zero-order chi connectivity index (χ0) is 12.0. The number of ether oxygens (including phenoxy) is 3. The van der Waals surface area contributed by atoms with Gasteiger partial charge in [-0.15, -0.1) is 0 Å². The van der Waals surface area contributed by atoms with Crippen LogP contribution in [0.15, 0.2) is 12.3 Å². The second-order valence-corrected chi connectivity index (χ2v) is 2.95. The number of carbonyl (C=O) groups is 1. The molecule has 6 heteroatoms. The van der Waals surface area contributed by atoms with Crippen molar-refractivity contribution in [2.45, 2.75) is 0 Å². The van der Waals surface area contributed by atoms with Crippen LogP contribution >= 0.6 is 0 Å². The molecular weight excluding hydrogens is 212 g/mol. The van der Waals surface area contributed by atoms with E-state index < -0.39 is 5.97 Å². The normalized spacial score (nSPS) is 9.88. The first-order valence-corrected chi connectivity index (χ1v) is 4.64. The van der Waals surface area contributed by atoms with Gasteiger partial charge in [-0.25, -0.2) is 9.78 Å². The van der Waals surface area contributed by atoms with Crippen LogP contribution in [-0.2, 0) is 9.47 Å². The maximum absolute atomic E-state index is 11.4. The van der Waals surface area contributed by atoms with Crippen LogP contribution in [0.5, 0.6) is 5.88 Å². The van der Waals surface area contributed by atoms with E-state index in [0.717, 1.165) is 0 Å². The highest BCUT2D eigenvalue weighted by Crippen LogP contribution is 2.18. The first kappa shape index (κ1) is 12.3. The molecule has 88 valence electrons. The van der Waals surface area contributed by atoms with E-state index in [0.29, 0.717) is 18.9 Å². The van der Waals surface area contributed by atoms with Gasteiger partial charge in [-0.3, -0.25) is 0 Å². The summed E-state index contributed by atoms with van der Waals surface area (Å²) in [5.74, 6) is -0.342. The maximum atomic E-state index is 11.4. The minimum Gasteiger partial charge on any atom is -0.475 e. The molecule has 0 radical (unpaired) electrons. The molecule has 0 aromatic carbocycles. The van der Waals surface area contributed by atoms with Crippen molar-refractivity contribution in [1.82, 2.24) is 4.98 Å². The number of nitrogens with zero attached hydrogens (tertiary/aromatic N) is 1. The fourth-order valence-corrected chi connectivity index (χ4v) is 1.06. The molecule has 0 atom stereocenters. The lowest BCUT2D eigenvalue weighted by molar-refractivity contribution is 0.0592. The number of carbonyl (C=O) groups excluding carboxylic acids is 1. The monoisotopic (exact) mass is 226 g/mol. The van der Waals surface area contributed by atoms with E-state index in [-0.39, 0.29) is 11.4 Å². The number of anilines is 1. The Labute approximate surface area is 93.3 Å². The van der Waals surface area contributed by atoms with Crippen LogP contribution in [-0.4, -0.2) is 38.4 Å². The largest absolute Gasteiger partial charge is 0.475 e. The molecule has 0 fully saturated rings. The zero-order valence-electron chi connectivity index (χ0n) is 9.23. The number of hydrogen-bond acceptors (Lipinski definition) is 6. The predicted molar refractivity (Wildman–Crippen MR) is 57.4 cm³/mol. The van der Waals surface area contributed by atoms with Crippen molar-refractivity contribution < 1.29 is 19.0 Å². The van der Waals surface area contributed by atoms with Crippen molar-refractivity contribution >= 4 is 11.7 Å². The molecule has 0 spiro atoms. The van der Waals surface area contributed by atoms with Gasteiger partial charge in [0.2, 0.25) is 5.88 Å². The lowest BCUT2D eigenvalue weighted by atomic mass is 10.2. The summed E-state index contributed by atoms with van der Waals surface area (Å²) in [5, 5.41) is 0. The molecule has 1 aromatic heterocycles. The standard InChI is InChI=1S/C10H14N2O4/c1-14-3-4-16-9-8(10(13)15-2)5-7(11)6-12-9/h5-6H,3-4,11H2,1-2H3.